The van der Waals surface area contributed by atoms with Gasteiger partial charge in [0.2, 0.25) is 5.91 Å². The average Bonchev–Trinajstić information content (AvgIpc) is 2.94. The Bertz CT molecular complexity index is 599. The minimum Gasteiger partial charge on any atom is -0.394 e. The van der Waals surface area contributed by atoms with Crippen LogP contribution in [-0.2, 0) is 4.79 Å². The van der Waals surface area contributed by atoms with Crippen LogP contribution < -0.4 is 5.32 Å². The zero-order chi connectivity index (χ0) is 28.7. The lowest BCUT2D eigenvalue weighted by molar-refractivity contribution is -0.123. The number of carbonyl (C=O) groups excluding carboxylic acids is 1. The first-order valence-corrected chi connectivity index (χ1v) is 16.7. The highest BCUT2D eigenvalue weighted by Crippen LogP contribution is 2.12. The first kappa shape index (κ1) is 37.6. The summed E-state index contributed by atoms with van der Waals surface area (Å²) in [7, 11) is 0. The Morgan fingerprint density at radius 3 is 1.56 bits per heavy atom. The predicted octanol–water partition coefficient (Wildman–Crippen LogP) is 9.51. The number of aliphatic hydroxyl groups is 2. The molecule has 2 unspecified atom stereocenters. The van der Waals surface area contributed by atoms with Crippen LogP contribution in [-0.4, -0.2) is 34.9 Å². The van der Waals surface area contributed by atoms with Gasteiger partial charge in [0.15, 0.2) is 0 Å². The summed E-state index contributed by atoms with van der Waals surface area (Å²) >= 11 is 0. The Morgan fingerprint density at radius 2 is 1.05 bits per heavy atom. The van der Waals surface area contributed by atoms with Crippen molar-refractivity contribution in [2.45, 2.75) is 174 Å². The first-order valence-electron chi connectivity index (χ1n) is 16.7. The van der Waals surface area contributed by atoms with Crippen molar-refractivity contribution in [1.29, 1.82) is 0 Å². The van der Waals surface area contributed by atoms with Crippen molar-refractivity contribution in [2.75, 3.05) is 6.61 Å². The van der Waals surface area contributed by atoms with E-state index in [1.807, 2.05) is 6.08 Å². The van der Waals surface area contributed by atoms with Gasteiger partial charge in [-0.1, -0.05) is 140 Å². The molecule has 0 heterocycles. The zero-order valence-electron chi connectivity index (χ0n) is 25.9. The van der Waals surface area contributed by atoms with E-state index in [1.165, 1.54) is 96.3 Å². The normalized spacial score (nSPS) is 13.6. The molecule has 0 saturated heterocycles. The molecule has 0 aromatic heterocycles. The highest BCUT2D eigenvalue weighted by molar-refractivity contribution is 5.76. The van der Waals surface area contributed by atoms with Gasteiger partial charge in [-0.3, -0.25) is 4.79 Å². The standard InChI is InChI=1S/C35H65NO3/c1-3-5-7-9-11-13-15-16-17-18-19-21-23-25-27-29-31-35(39)36-33(32-37)34(38)30-28-26-24-22-20-14-12-10-8-6-4-2/h13,15,17-18,28,30,33-34,37-38H,3-12,14,16,19-27,29,31-32H2,1-2H3,(H,36,39)/b15-13-,18-17-,30-28+. The summed E-state index contributed by atoms with van der Waals surface area (Å²) in [6, 6.07) is -0.625. The van der Waals surface area contributed by atoms with Crippen LogP contribution in [0.3, 0.4) is 0 Å². The SMILES string of the molecule is CCCCCC/C=C\C/C=C\CCCCCCCC(=O)NC(CO)C(O)/C=C/CCCCCCCCCCC. The van der Waals surface area contributed by atoms with Crippen LogP contribution in [0.4, 0.5) is 0 Å². The molecule has 0 aliphatic heterocycles. The highest BCUT2D eigenvalue weighted by atomic mass is 16.3. The lowest BCUT2D eigenvalue weighted by Gasteiger charge is -2.20. The van der Waals surface area contributed by atoms with Gasteiger partial charge in [0.25, 0.3) is 0 Å². The molecule has 39 heavy (non-hydrogen) atoms. The molecule has 0 bridgehead atoms. The predicted molar refractivity (Wildman–Crippen MR) is 170 cm³/mol. The second kappa shape index (κ2) is 31.1. The van der Waals surface area contributed by atoms with Gasteiger partial charge in [-0.25, -0.2) is 0 Å². The van der Waals surface area contributed by atoms with Gasteiger partial charge in [-0.2, -0.15) is 0 Å². The summed E-state index contributed by atoms with van der Waals surface area (Å²) < 4.78 is 0. The number of unbranched alkanes of at least 4 members (excludes halogenated alkanes) is 18. The van der Waals surface area contributed by atoms with Gasteiger partial charge < -0.3 is 15.5 Å². The summed E-state index contributed by atoms with van der Waals surface area (Å²) in [5.74, 6) is -0.0817. The van der Waals surface area contributed by atoms with Gasteiger partial charge in [-0.15, -0.1) is 0 Å². The van der Waals surface area contributed by atoms with Crippen molar-refractivity contribution < 1.29 is 15.0 Å². The van der Waals surface area contributed by atoms with Crippen LogP contribution >= 0.6 is 0 Å². The molecule has 0 spiro atoms. The topological polar surface area (TPSA) is 69.6 Å². The van der Waals surface area contributed by atoms with E-state index in [4.69, 9.17) is 0 Å². The summed E-state index contributed by atoms with van der Waals surface area (Å²) in [4.78, 5) is 12.3. The Kier molecular flexibility index (Phi) is 30.0. The summed E-state index contributed by atoms with van der Waals surface area (Å²) in [6.45, 7) is 4.25. The highest BCUT2D eigenvalue weighted by Gasteiger charge is 2.17. The van der Waals surface area contributed by atoms with Crippen LogP contribution in [0.1, 0.15) is 162 Å². The molecule has 0 fully saturated rings. The van der Waals surface area contributed by atoms with Crippen molar-refractivity contribution in [1.82, 2.24) is 5.32 Å². The molecule has 0 saturated carbocycles. The van der Waals surface area contributed by atoms with E-state index in [0.29, 0.717) is 6.42 Å². The maximum absolute atomic E-state index is 12.3. The number of carbonyl (C=O) groups is 1. The molecule has 0 radical (unpaired) electrons. The van der Waals surface area contributed by atoms with Crippen molar-refractivity contribution in [3.05, 3.63) is 36.5 Å². The second-order valence-electron chi connectivity index (χ2n) is 11.2. The molecular weight excluding hydrogens is 482 g/mol. The second-order valence-corrected chi connectivity index (χ2v) is 11.2. The van der Waals surface area contributed by atoms with E-state index in [1.54, 1.807) is 6.08 Å². The Balaban J connectivity index is 3.70. The molecule has 0 rings (SSSR count). The third kappa shape index (κ3) is 28.0. The maximum Gasteiger partial charge on any atom is 0.220 e. The fourth-order valence-corrected chi connectivity index (χ4v) is 4.73. The monoisotopic (exact) mass is 547 g/mol. The molecule has 3 N–H and O–H groups in total. The van der Waals surface area contributed by atoms with Gasteiger partial charge in [0, 0.05) is 6.42 Å². The number of allylic oxidation sites excluding steroid dienone is 5. The van der Waals surface area contributed by atoms with Crippen molar-refractivity contribution in [2.24, 2.45) is 0 Å². The quantitative estimate of drug-likeness (QED) is 0.0645. The number of aliphatic hydroxyl groups excluding tert-OH is 2. The first-order chi connectivity index (χ1) is 19.2. The van der Waals surface area contributed by atoms with E-state index in [-0.39, 0.29) is 12.5 Å². The summed E-state index contributed by atoms with van der Waals surface area (Å²) in [5.41, 5.74) is 0. The van der Waals surface area contributed by atoms with E-state index in [0.717, 1.165) is 44.9 Å². The van der Waals surface area contributed by atoms with Crippen LogP contribution in [0.25, 0.3) is 0 Å². The molecule has 0 aromatic rings. The Morgan fingerprint density at radius 1 is 0.615 bits per heavy atom. The third-order valence-electron chi connectivity index (χ3n) is 7.37. The molecule has 0 aromatic carbocycles. The van der Waals surface area contributed by atoms with Crippen LogP contribution in [0.2, 0.25) is 0 Å². The number of amides is 1. The minimum atomic E-state index is -0.841. The van der Waals surface area contributed by atoms with Crippen molar-refractivity contribution in [3.63, 3.8) is 0 Å². The lowest BCUT2D eigenvalue weighted by atomic mass is 10.1. The molecule has 228 valence electrons. The number of hydrogen-bond acceptors (Lipinski definition) is 3. The Labute approximate surface area is 242 Å². The molecule has 0 aliphatic carbocycles. The molecule has 0 aliphatic rings. The van der Waals surface area contributed by atoms with Gasteiger partial charge in [0.05, 0.1) is 18.8 Å². The largest absolute Gasteiger partial charge is 0.394 e. The maximum atomic E-state index is 12.3. The van der Waals surface area contributed by atoms with E-state index < -0.39 is 12.1 Å². The fourth-order valence-electron chi connectivity index (χ4n) is 4.73. The molecule has 2 atom stereocenters. The summed E-state index contributed by atoms with van der Waals surface area (Å²) in [5, 5.41) is 22.8. The molecular formula is C35H65NO3. The number of hydrogen-bond donors (Lipinski definition) is 3. The van der Waals surface area contributed by atoms with Crippen molar-refractivity contribution >= 4 is 5.91 Å². The van der Waals surface area contributed by atoms with Crippen LogP contribution in [0.5, 0.6) is 0 Å². The molecule has 4 heteroatoms. The van der Waals surface area contributed by atoms with E-state index in [2.05, 4.69) is 43.5 Å². The smallest absolute Gasteiger partial charge is 0.220 e. The Hall–Kier alpha value is -1.39. The van der Waals surface area contributed by atoms with Gasteiger partial charge in [0.1, 0.15) is 0 Å². The van der Waals surface area contributed by atoms with Gasteiger partial charge >= 0.3 is 0 Å². The fraction of sp³-hybridized carbons (Fsp3) is 0.800. The number of nitrogens with one attached hydrogen (secondary N) is 1. The van der Waals surface area contributed by atoms with Crippen LogP contribution in [0.15, 0.2) is 36.5 Å². The van der Waals surface area contributed by atoms with E-state index >= 15 is 0 Å². The average molecular weight is 548 g/mol. The minimum absolute atomic E-state index is 0.0817. The lowest BCUT2D eigenvalue weighted by Crippen LogP contribution is -2.45. The zero-order valence-corrected chi connectivity index (χ0v) is 25.9. The third-order valence-corrected chi connectivity index (χ3v) is 7.37. The molecule has 1 amide bonds. The number of rotatable bonds is 29. The van der Waals surface area contributed by atoms with Crippen LogP contribution in [0, 0.1) is 0 Å². The summed E-state index contributed by atoms with van der Waals surface area (Å²) in [6.07, 6.45) is 39.3. The van der Waals surface area contributed by atoms with Crippen molar-refractivity contribution in [3.8, 4) is 0 Å². The molecule has 4 nitrogen and oxygen atoms in total. The van der Waals surface area contributed by atoms with E-state index in [9.17, 15) is 15.0 Å². The van der Waals surface area contributed by atoms with Gasteiger partial charge in [-0.05, 0) is 51.4 Å².